The number of carbonyl (C=O) groups excluding carboxylic acids is 1. The molecule has 0 saturated heterocycles. The Labute approximate surface area is 102 Å². The number of rotatable bonds is 5. The Hall–Kier alpha value is -1.52. The number of hydrogen-bond donors (Lipinski definition) is 1. The number of nitrogen functional groups attached to an aromatic ring is 1. The normalized spacial score (nSPS) is 10.9. The number of aryl methyl sites for hydroxylation is 2. The Balaban J connectivity index is 2.53. The van der Waals surface area contributed by atoms with Gasteiger partial charge in [-0.1, -0.05) is 13.8 Å². The van der Waals surface area contributed by atoms with Crippen molar-refractivity contribution in [1.29, 1.82) is 0 Å². The number of carbonyl (C=O) groups is 1. The topological polar surface area (TPSA) is 70.1 Å². The summed E-state index contributed by atoms with van der Waals surface area (Å²) in [4.78, 5) is 11.8. The molecule has 0 aromatic carbocycles. The average Bonchev–Trinajstić information content (AvgIpc) is 2.48. The summed E-state index contributed by atoms with van der Waals surface area (Å²) >= 11 is 0. The van der Waals surface area contributed by atoms with E-state index in [9.17, 15) is 4.79 Å². The first kappa shape index (κ1) is 13.5. The zero-order valence-electron chi connectivity index (χ0n) is 11.0. The second-order valence-electron chi connectivity index (χ2n) is 4.64. The largest absolute Gasteiger partial charge is 0.461 e. The highest BCUT2D eigenvalue weighted by Gasteiger charge is 2.18. The van der Waals surface area contributed by atoms with E-state index in [0.717, 1.165) is 12.8 Å². The summed E-state index contributed by atoms with van der Waals surface area (Å²) in [5, 5.41) is 4.08. The molecule has 0 radical (unpaired) electrons. The van der Waals surface area contributed by atoms with Gasteiger partial charge in [-0.25, -0.2) is 4.79 Å². The molecule has 0 spiro atoms. The number of hydrogen-bond acceptors (Lipinski definition) is 4. The number of ether oxygens (including phenoxy) is 1. The molecule has 1 aromatic rings. The van der Waals surface area contributed by atoms with Gasteiger partial charge in [-0.2, -0.15) is 5.10 Å². The van der Waals surface area contributed by atoms with Crippen molar-refractivity contribution in [2.45, 2.75) is 33.6 Å². The molecule has 5 heteroatoms. The van der Waals surface area contributed by atoms with Crippen LogP contribution < -0.4 is 5.73 Å². The van der Waals surface area contributed by atoms with E-state index in [2.05, 4.69) is 18.9 Å². The van der Waals surface area contributed by atoms with Crippen LogP contribution in [0.15, 0.2) is 0 Å². The lowest BCUT2D eigenvalue weighted by Crippen LogP contribution is -2.13. The SMILES string of the molecule is Cc1nn(C)c(C(=O)OCCCC(C)C)c1N. The smallest absolute Gasteiger partial charge is 0.358 e. The number of aromatic nitrogens is 2. The molecule has 0 saturated carbocycles. The second-order valence-corrected chi connectivity index (χ2v) is 4.64. The predicted molar refractivity (Wildman–Crippen MR) is 66.7 cm³/mol. The van der Waals surface area contributed by atoms with Gasteiger partial charge in [-0.15, -0.1) is 0 Å². The molecule has 1 heterocycles. The van der Waals surface area contributed by atoms with E-state index < -0.39 is 5.97 Å². The van der Waals surface area contributed by atoms with Crippen LogP contribution in [0.5, 0.6) is 0 Å². The Bertz CT molecular complexity index is 397. The van der Waals surface area contributed by atoms with Crippen LogP contribution in [0.2, 0.25) is 0 Å². The molecule has 0 aliphatic rings. The summed E-state index contributed by atoms with van der Waals surface area (Å²) in [5.74, 6) is 0.229. The number of nitrogens with zero attached hydrogens (tertiary/aromatic N) is 2. The number of esters is 1. The monoisotopic (exact) mass is 239 g/mol. The van der Waals surface area contributed by atoms with Gasteiger partial charge in [0.2, 0.25) is 0 Å². The van der Waals surface area contributed by atoms with Gasteiger partial charge < -0.3 is 10.5 Å². The van der Waals surface area contributed by atoms with Crippen molar-refractivity contribution in [1.82, 2.24) is 9.78 Å². The van der Waals surface area contributed by atoms with Crippen molar-refractivity contribution >= 4 is 11.7 Å². The van der Waals surface area contributed by atoms with E-state index in [4.69, 9.17) is 10.5 Å². The van der Waals surface area contributed by atoms with E-state index in [1.807, 2.05) is 0 Å². The summed E-state index contributed by atoms with van der Waals surface area (Å²) < 4.78 is 6.64. The zero-order chi connectivity index (χ0) is 13.0. The highest BCUT2D eigenvalue weighted by Crippen LogP contribution is 2.16. The van der Waals surface area contributed by atoms with Crippen molar-refractivity contribution in [3.63, 3.8) is 0 Å². The highest BCUT2D eigenvalue weighted by molar-refractivity contribution is 5.93. The summed E-state index contributed by atoms with van der Waals surface area (Å²) in [6.07, 6.45) is 1.92. The summed E-state index contributed by atoms with van der Waals surface area (Å²) in [5.41, 5.74) is 7.17. The summed E-state index contributed by atoms with van der Waals surface area (Å²) in [7, 11) is 1.69. The molecule has 5 nitrogen and oxygen atoms in total. The lowest BCUT2D eigenvalue weighted by molar-refractivity contribution is 0.0483. The van der Waals surface area contributed by atoms with Crippen molar-refractivity contribution in [2.75, 3.05) is 12.3 Å². The van der Waals surface area contributed by atoms with Gasteiger partial charge in [0.25, 0.3) is 0 Å². The van der Waals surface area contributed by atoms with Crippen LogP contribution in [0, 0.1) is 12.8 Å². The first-order valence-corrected chi connectivity index (χ1v) is 5.89. The Kier molecular flexibility index (Phi) is 4.54. The minimum absolute atomic E-state index is 0.340. The van der Waals surface area contributed by atoms with Crippen LogP contribution >= 0.6 is 0 Å². The highest BCUT2D eigenvalue weighted by atomic mass is 16.5. The fourth-order valence-corrected chi connectivity index (χ4v) is 1.64. The van der Waals surface area contributed by atoms with Gasteiger partial charge in [0.1, 0.15) is 0 Å². The molecule has 0 amide bonds. The maximum atomic E-state index is 11.8. The third-order valence-electron chi connectivity index (χ3n) is 2.62. The first-order valence-electron chi connectivity index (χ1n) is 5.89. The second kappa shape index (κ2) is 5.70. The van der Waals surface area contributed by atoms with Crippen molar-refractivity contribution in [3.8, 4) is 0 Å². The van der Waals surface area contributed by atoms with Gasteiger partial charge in [-0.05, 0) is 25.7 Å². The van der Waals surface area contributed by atoms with E-state index >= 15 is 0 Å². The Morgan fingerprint density at radius 3 is 2.65 bits per heavy atom. The third kappa shape index (κ3) is 3.47. The van der Waals surface area contributed by atoms with Crippen molar-refractivity contribution in [3.05, 3.63) is 11.4 Å². The minimum Gasteiger partial charge on any atom is -0.461 e. The molecule has 0 atom stereocenters. The summed E-state index contributed by atoms with van der Waals surface area (Å²) in [6.45, 7) is 6.49. The van der Waals surface area contributed by atoms with Gasteiger partial charge in [0.05, 0.1) is 18.0 Å². The van der Waals surface area contributed by atoms with Gasteiger partial charge in [0, 0.05) is 7.05 Å². The van der Waals surface area contributed by atoms with E-state index in [0.29, 0.717) is 29.6 Å². The van der Waals surface area contributed by atoms with Crippen molar-refractivity contribution < 1.29 is 9.53 Å². The standard InChI is InChI=1S/C12H21N3O2/c1-8(2)6-5-7-17-12(16)11-10(13)9(3)14-15(11)4/h8H,5-7,13H2,1-4H3. The molecule has 0 unspecified atom stereocenters. The Morgan fingerprint density at radius 1 is 1.53 bits per heavy atom. The molecule has 2 N–H and O–H groups in total. The molecule has 0 aliphatic carbocycles. The summed E-state index contributed by atoms with van der Waals surface area (Å²) in [6, 6.07) is 0. The maximum Gasteiger partial charge on any atom is 0.358 e. The quantitative estimate of drug-likeness (QED) is 0.629. The molecule has 1 aromatic heterocycles. The third-order valence-corrected chi connectivity index (χ3v) is 2.62. The van der Waals surface area contributed by atoms with E-state index in [1.165, 1.54) is 4.68 Å². The fourth-order valence-electron chi connectivity index (χ4n) is 1.64. The predicted octanol–water partition coefficient (Wildman–Crippen LogP) is 1.90. The van der Waals surface area contributed by atoms with Crippen LogP contribution in [0.4, 0.5) is 5.69 Å². The van der Waals surface area contributed by atoms with E-state index in [1.54, 1.807) is 14.0 Å². The molecule has 0 fully saturated rings. The van der Waals surface area contributed by atoms with Gasteiger partial charge >= 0.3 is 5.97 Å². The number of nitrogens with two attached hydrogens (primary N) is 1. The minimum atomic E-state index is -0.394. The molecule has 1 rings (SSSR count). The maximum absolute atomic E-state index is 11.8. The molecular formula is C12H21N3O2. The average molecular weight is 239 g/mol. The van der Waals surface area contributed by atoms with Crippen LogP contribution in [0.25, 0.3) is 0 Å². The van der Waals surface area contributed by atoms with Crippen LogP contribution in [0.3, 0.4) is 0 Å². The molecule has 96 valence electrons. The molecule has 0 aliphatic heterocycles. The lowest BCUT2D eigenvalue weighted by atomic mass is 10.1. The van der Waals surface area contributed by atoms with Crippen LogP contribution in [-0.2, 0) is 11.8 Å². The van der Waals surface area contributed by atoms with Gasteiger partial charge in [-0.3, -0.25) is 4.68 Å². The van der Waals surface area contributed by atoms with Crippen molar-refractivity contribution in [2.24, 2.45) is 13.0 Å². The van der Waals surface area contributed by atoms with Crippen LogP contribution in [0.1, 0.15) is 42.9 Å². The molecular weight excluding hydrogens is 218 g/mol. The Morgan fingerprint density at radius 2 is 2.18 bits per heavy atom. The zero-order valence-corrected chi connectivity index (χ0v) is 11.0. The van der Waals surface area contributed by atoms with Gasteiger partial charge in [0.15, 0.2) is 5.69 Å². The van der Waals surface area contributed by atoms with Crippen LogP contribution in [-0.4, -0.2) is 22.4 Å². The fraction of sp³-hybridized carbons (Fsp3) is 0.667. The molecule has 0 bridgehead atoms. The van der Waals surface area contributed by atoms with E-state index in [-0.39, 0.29) is 0 Å². The lowest BCUT2D eigenvalue weighted by Gasteiger charge is -2.07. The number of anilines is 1. The first-order chi connectivity index (χ1) is 7.93. The molecule has 17 heavy (non-hydrogen) atoms.